The van der Waals surface area contributed by atoms with Gasteiger partial charge in [-0.25, -0.2) is 4.79 Å². The lowest BCUT2D eigenvalue weighted by Gasteiger charge is -2.06. The number of hydrogen-bond donors (Lipinski definition) is 1. The van der Waals surface area contributed by atoms with Crippen LogP contribution in [-0.4, -0.2) is 23.6 Å². The van der Waals surface area contributed by atoms with Crippen LogP contribution in [0.5, 0.6) is 0 Å². The number of amides is 1. The van der Waals surface area contributed by atoms with Gasteiger partial charge in [0.25, 0.3) is 11.5 Å². The molecular formula is C15H14N2O4. The zero-order valence-electron chi connectivity index (χ0n) is 11.6. The van der Waals surface area contributed by atoms with Crippen molar-refractivity contribution in [3.63, 3.8) is 0 Å². The predicted molar refractivity (Wildman–Crippen MR) is 77.4 cm³/mol. The summed E-state index contributed by atoms with van der Waals surface area (Å²) in [6, 6.07) is 9.09. The lowest BCUT2D eigenvalue weighted by atomic mass is 10.2. The van der Waals surface area contributed by atoms with Crippen molar-refractivity contribution in [1.29, 1.82) is 0 Å². The largest absolute Gasteiger partial charge is 0.465 e. The summed E-state index contributed by atoms with van der Waals surface area (Å²) < 4.78 is 5.96. The number of pyridine rings is 1. The number of hydrogen-bond acceptors (Lipinski definition) is 4. The first kappa shape index (κ1) is 14.5. The molecule has 2 rings (SSSR count). The fourth-order valence-corrected chi connectivity index (χ4v) is 1.70. The van der Waals surface area contributed by atoms with Crippen molar-refractivity contribution in [1.82, 2.24) is 4.57 Å². The number of carbonyl (C=O) groups is 2. The van der Waals surface area contributed by atoms with E-state index in [1.54, 1.807) is 37.4 Å². The molecule has 0 unspecified atom stereocenters. The molecule has 6 heteroatoms. The number of aromatic nitrogens is 1. The van der Waals surface area contributed by atoms with Crippen LogP contribution in [0.1, 0.15) is 20.7 Å². The maximum absolute atomic E-state index is 12.0. The molecule has 0 aliphatic heterocycles. The molecule has 21 heavy (non-hydrogen) atoms. The zero-order valence-corrected chi connectivity index (χ0v) is 11.6. The number of methoxy groups -OCH3 is 1. The fraction of sp³-hybridized carbons (Fsp3) is 0.133. The number of benzene rings is 1. The second-order valence-electron chi connectivity index (χ2n) is 4.39. The monoisotopic (exact) mass is 286 g/mol. The number of carbonyl (C=O) groups excluding carboxylic acids is 2. The molecule has 0 saturated carbocycles. The van der Waals surface area contributed by atoms with E-state index in [-0.39, 0.29) is 11.1 Å². The molecule has 6 nitrogen and oxygen atoms in total. The van der Waals surface area contributed by atoms with Crippen LogP contribution >= 0.6 is 0 Å². The van der Waals surface area contributed by atoms with Crippen molar-refractivity contribution in [3.05, 3.63) is 64.1 Å². The maximum Gasteiger partial charge on any atom is 0.337 e. The Hall–Kier alpha value is -2.89. The first-order valence-corrected chi connectivity index (χ1v) is 6.17. The van der Waals surface area contributed by atoms with Gasteiger partial charge in [-0.3, -0.25) is 9.59 Å². The second-order valence-corrected chi connectivity index (χ2v) is 4.39. The number of anilines is 1. The summed E-state index contributed by atoms with van der Waals surface area (Å²) in [5, 5.41) is 2.65. The SMILES string of the molecule is COC(=O)c1ccc(NC(=O)c2ccn(C)c(=O)c2)cc1. The van der Waals surface area contributed by atoms with Gasteiger partial charge < -0.3 is 14.6 Å². The summed E-state index contributed by atoms with van der Waals surface area (Å²) >= 11 is 0. The van der Waals surface area contributed by atoms with Crippen molar-refractivity contribution < 1.29 is 14.3 Å². The van der Waals surface area contributed by atoms with Crippen LogP contribution in [0, 0.1) is 0 Å². The Morgan fingerprint density at radius 3 is 2.33 bits per heavy atom. The highest BCUT2D eigenvalue weighted by atomic mass is 16.5. The van der Waals surface area contributed by atoms with Crippen molar-refractivity contribution in [3.8, 4) is 0 Å². The number of aryl methyl sites for hydroxylation is 1. The Balaban J connectivity index is 2.14. The van der Waals surface area contributed by atoms with Crippen molar-refractivity contribution in [2.24, 2.45) is 7.05 Å². The van der Waals surface area contributed by atoms with E-state index >= 15 is 0 Å². The maximum atomic E-state index is 12.0. The third kappa shape index (κ3) is 3.36. The Bertz CT molecular complexity index is 732. The van der Waals surface area contributed by atoms with Crippen molar-refractivity contribution in [2.75, 3.05) is 12.4 Å². The van der Waals surface area contributed by atoms with E-state index < -0.39 is 11.9 Å². The van der Waals surface area contributed by atoms with Crippen LogP contribution in [0.2, 0.25) is 0 Å². The third-order valence-electron chi connectivity index (χ3n) is 2.93. The molecule has 0 aliphatic rings. The molecule has 0 fully saturated rings. The minimum atomic E-state index is -0.445. The minimum Gasteiger partial charge on any atom is -0.465 e. The normalized spacial score (nSPS) is 10.0. The Kier molecular flexibility index (Phi) is 4.18. The van der Waals surface area contributed by atoms with Gasteiger partial charge in [0.05, 0.1) is 12.7 Å². The molecule has 1 aromatic heterocycles. The van der Waals surface area contributed by atoms with Crippen molar-refractivity contribution >= 4 is 17.6 Å². The molecule has 0 atom stereocenters. The molecular weight excluding hydrogens is 272 g/mol. The first-order valence-electron chi connectivity index (χ1n) is 6.17. The molecule has 0 spiro atoms. The van der Waals surface area contributed by atoms with E-state index in [0.29, 0.717) is 11.3 Å². The Morgan fingerprint density at radius 2 is 1.76 bits per heavy atom. The lowest BCUT2D eigenvalue weighted by Crippen LogP contribution is -2.20. The van der Waals surface area contributed by atoms with E-state index in [4.69, 9.17) is 0 Å². The van der Waals surface area contributed by atoms with Crippen LogP contribution < -0.4 is 10.9 Å². The Labute approximate surface area is 121 Å². The van der Waals surface area contributed by atoms with Crippen LogP contribution in [0.4, 0.5) is 5.69 Å². The molecule has 0 aliphatic carbocycles. The molecule has 0 bridgehead atoms. The van der Waals surface area contributed by atoms with Crippen LogP contribution in [0.25, 0.3) is 0 Å². The molecule has 2 aromatic rings. The average Bonchev–Trinajstić information content (AvgIpc) is 2.50. The van der Waals surface area contributed by atoms with E-state index in [0.717, 1.165) is 0 Å². The first-order chi connectivity index (χ1) is 10.0. The second kappa shape index (κ2) is 6.04. The van der Waals surface area contributed by atoms with Gasteiger partial charge >= 0.3 is 5.97 Å². The van der Waals surface area contributed by atoms with E-state index in [1.807, 2.05) is 0 Å². The molecule has 0 saturated heterocycles. The summed E-state index contributed by atoms with van der Waals surface area (Å²) in [6.07, 6.45) is 1.53. The Morgan fingerprint density at radius 1 is 1.10 bits per heavy atom. The summed E-state index contributed by atoms with van der Waals surface area (Å²) in [4.78, 5) is 34.8. The minimum absolute atomic E-state index is 0.260. The summed E-state index contributed by atoms with van der Waals surface area (Å²) in [5.41, 5.74) is 0.927. The van der Waals surface area contributed by atoms with Gasteiger partial charge in [0.1, 0.15) is 0 Å². The molecule has 108 valence electrons. The van der Waals surface area contributed by atoms with Crippen LogP contribution in [0.15, 0.2) is 47.4 Å². The average molecular weight is 286 g/mol. The van der Waals surface area contributed by atoms with E-state index in [1.165, 1.54) is 23.9 Å². The van der Waals surface area contributed by atoms with E-state index in [9.17, 15) is 14.4 Å². The smallest absolute Gasteiger partial charge is 0.337 e. The molecule has 1 amide bonds. The lowest BCUT2D eigenvalue weighted by molar-refractivity contribution is 0.0600. The highest BCUT2D eigenvalue weighted by Gasteiger charge is 2.09. The summed E-state index contributed by atoms with van der Waals surface area (Å²) in [7, 11) is 2.91. The third-order valence-corrected chi connectivity index (χ3v) is 2.93. The highest BCUT2D eigenvalue weighted by Crippen LogP contribution is 2.11. The van der Waals surface area contributed by atoms with Gasteiger partial charge in [-0.05, 0) is 30.3 Å². The number of esters is 1. The fourth-order valence-electron chi connectivity index (χ4n) is 1.70. The highest BCUT2D eigenvalue weighted by molar-refractivity contribution is 6.04. The quantitative estimate of drug-likeness (QED) is 0.866. The van der Waals surface area contributed by atoms with Gasteiger partial charge in [-0.1, -0.05) is 0 Å². The number of nitrogens with zero attached hydrogens (tertiary/aromatic N) is 1. The van der Waals surface area contributed by atoms with Crippen LogP contribution in [0.3, 0.4) is 0 Å². The number of ether oxygens (including phenoxy) is 1. The van der Waals surface area contributed by atoms with Gasteiger partial charge in [0, 0.05) is 30.6 Å². The summed E-state index contributed by atoms with van der Waals surface area (Å²) in [5.74, 6) is -0.835. The molecule has 1 heterocycles. The molecule has 1 N–H and O–H groups in total. The predicted octanol–water partition coefficient (Wildman–Crippen LogP) is 1.42. The van der Waals surface area contributed by atoms with Gasteiger partial charge in [-0.2, -0.15) is 0 Å². The van der Waals surface area contributed by atoms with Crippen molar-refractivity contribution in [2.45, 2.75) is 0 Å². The van der Waals surface area contributed by atoms with E-state index in [2.05, 4.69) is 10.1 Å². The molecule has 1 aromatic carbocycles. The van der Waals surface area contributed by atoms with Gasteiger partial charge in [-0.15, -0.1) is 0 Å². The summed E-state index contributed by atoms with van der Waals surface area (Å²) in [6.45, 7) is 0. The molecule has 0 radical (unpaired) electrons. The van der Waals surface area contributed by atoms with Crippen LogP contribution in [-0.2, 0) is 11.8 Å². The number of nitrogens with one attached hydrogen (secondary N) is 1. The standard InChI is InChI=1S/C15H14N2O4/c1-17-8-7-11(9-13(17)18)14(19)16-12-5-3-10(4-6-12)15(20)21-2/h3-9H,1-2H3,(H,16,19). The number of rotatable bonds is 3. The van der Waals surface area contributed by atoms with Gasteiger partial charge in [0.15, 0.2) is 0 Å². The zero-order chi connectivity index (χ0) is 15.4. The van der Waals surface area contributed by atoms with Gasteiger partial charge in [0.2, 0.25) is 0 Å². The topological polar surface area (TPSA) is 77.4 Å².